The molecular formula is C13H25N3O. The summed E-state index contributed by atoms with van der Waals surface area (Å²) in [6.07, 6.45) is 3.29. The lowest BCUT2D eigenvalue weighted by atomic mass is 10.1. The van der Waals surface area contributed by atoms with Gasteiger partial charge >= 0.3 is 0 Å². The van der Waals surface area contributed by atoms with Gasteiger partial charge in [0.15, 0.2) is 0 Å². The number of piperazine rings is 1. The number of carbonyl (C=O) groups is 1. The quantitative estimate of drug-likeness (QED) is 0.770. The van der Waals surface area contributed by atoms with Gasteiger partial charge in [-0.1, -0.05) is 6.92 Å². The SMILES string of the molecule is CCC1CC[C@@H](C(=O)N2CCN(C)[C@H](C)C2)N1. The number of hydrogen-bond donors (Lipinski definition) is 1. The highest BCUT2D eigenvalue weighted by Gasteiger charge is 2.33. The van der Waals surface area contributed by atoms with Gasteiger partial charge in [-0.25, -0.2) is 0 Å². The van der Waals surface area contributed by atoms with Crippen molar-refractivity contribution in [1.82, 2.24) is 15.1 Å². The van der Waals surface area contributed by atoms with Crippen LogP contribution in [-0.4, -0.2) is 60.5 Å². The van der Waals surface area contributed by atoms with Crippen LogP contribution in [0.15, 0.2) is 0 Å². The molecular weight excluding hydrogens is 214 g/mol. The maximum Gasteiger partial charge on any atom is 0.239 e. The summed E-state index contributed by atoms with van der Waals surface area (Å²) < 4.78 is 0. The zero-order valence-electron chi connectivity index (χ0n) is 11.3. The molecule has 2 saturated heterocycles. The first-order valence-electron chi connectivity index (χ1n) is 6.87. The van der Waals surface area contributed by atoms with Crippen LogP contribution >= 0.6 is 0 Å². The summed E-state index contributed by atoms with van der Waals surface area (Å²) in [5.41, 5.74) is 0. The molecule has 0 radical (unpaired) electrons. The molecule has 2 aliphatic heterocycles. The number of rotatable bonds is 2. The van der Waals surface area contributed by atoms with Gasteiger partial charge in [0.05, 0.1) is 6.04 Å². The minimum Gasteiger partial charge on any atom is -0.339 e. The Balaban J connectivity index is 1.88. The molecule has 2 rings (SSSR count). The molecule has 0 bridgehead atoms. The second-order valence-corrected chi connectivity index (χ2v) is 5.52. The summed E-state index contributed by atoms with van der Waals surface area (Å²) in [5.74, 6) is 0.320. The van der Waals surface area contributed by atoms with Crippen molar-refractivity contribution < 1.29 is 4.79 Å². The van der Waals surface area contributed by atoms with E-state index < -0.39 is 0 Å². The summed E-state index contributed by atoms with van der Waals surface area (Å²) in [7, 11) is 2.13. The summed E-state index contributed by atoms with van der Waals surface area (Å²) in [6, 6.07) is 1.11. The average molecular weight is 239 g/mol. The van der Waals surface area contributed by atoms with Gasteiger partial charge in [0.1, 0.15) is 0 Å². The maximum absolute atomic E-state index is 12.4. The van der Waals surface area contributed by atoms with Crippen molar-refractivity contribution in [2.75, 3.05) is 26.7 Å². The number of hydrogen-bond acceptors (Lipinski definition) is 3. The minimum atomic E-state index is 0.0792. The van der Waals surface area contributed by atoms with E-state index in [1.165, 1.54) is 0 Å². The van der Waals surface area contributed by atoms with Gasteiger partial charge in [-0.15, -0.1) is 0 Å². The van der Waals surface area contributed by atoms with E-state index in [-0.39, 0.29) is 6.04 Å². The third-order valence-corrected chi connectivity index (χ3v) is 4.30. The maximum atomic E-state index is 12.4. The van der Waals surface area contributed by atoms with Crippen molar-refractivity contribution >= 4 is 5.91 Å². The molecule has 3 atom stereocenters. The van der Waals surface area contributed by atoms with Crippen molar-refractivity contribution in [3.8, 4) is 0 Å². The van der Waals surface area contributed by atoms with Crippen LogP contribution in [0.3, 0.4) is 0 Å². The lowest BCUT2D eigenvalue weighted by Gasteiger charge is -2.38. The molecule has 4 nitrogen and oxygen atoms in total. The van der Waals surface area contributed by atoms with Gasteiger partial charge in [-0.3, -0.25) is 4.79 Å². The molecule has 0 aromatic heterocycles. The molecule has 1 N–H and O–H groups in total. The Kier molecular flexibility index (Phi) is 4.05. The highest BCUT2D eigenvalue weighted by Crippen LogP contribution is 2.18. The van der Waals surface area contributed by atoms with E-state index in [4.69, 9.17) is 0 Å². The van der Waals surface area contributed by atoms with Gasteiger partial charge in [0, 0.05) is 31.7 Å². The van der Waals surface area contributed by atoms with Gasteiger partial charge in [-0.05, 0) is 33.2 Å². The molecule has 2 heterocycles. The summed E-state index contributed by atoms with van der Waals surface area (Å²) in [6.45, 7) is 7.13. The summed E-state index contributed by atoms with van der Waals surface area (Å²) in [4.78, 5) is 16.7. The third kappa shape index (κ3) is 2.80. The Hall–Kier alpha value is -0.610. The summed E-state index contributed by atoms with van der Waals surface area (Å²) >= 11 is 0. The van der Waals surface area contributed by atoms with Crippen molar-refractivity contribution in [3.05, 3.63) is 0 Å². The van der Waals surface area contributed by atoms with Gasteiger partial charge in [0.25, 0.3) is 0 Å². The fourth-order valence-electron chi connectivity index (χ4n) is 2.80. The molecule has 0 aliphatic carbocycles. The number of nitrogens with zero attached hydrogens (tertiary/aromatic N) is 2. The van der Waals surface area contributed by atoms with Crippen LogP contribution in [0.5, 0.6) is 0 Å². The zero-order valence-corrected chi connectivity index (χ0v) is 11.3. The number of nitrogens with one attached hydrogen (secondary N) is 1. The smallest absolute Gasteiger partial charge is 0.239 e. The fourth-order valence-corrected chi connectivity index (χ4v) is 2.80. The molecule has 17 heavy (non-hydrogen) atoms. The Morgan fingerprint density at radius 1 is 1.35 bits per heavy atom. The Morgan fingerprint density at radius 3 is 2.71 bits per heavy atom. The summed E-state index contributed by atoms with van der Waals surface area (Å²) in [5, 5.41) is 3.46. The number of carbonyl (C=O) groups excluding carboxylic acids is 1. The third-order valence-electron chi connectivity index (χ3n) is 4.30. The molecule has 0 aromatic carbocycles. The van der Waals surface area contributed by atoms with Gasteiger partial charge in [-0.2, -0.15) is 0 Å². The highest BCUT2D eigenvalue weighted by atomic mass is 16.2. The molecule has 4 heteroatoms. The molecule has 0 saturated carbocycles. The Morgan fingerprint density at radius 2 is 2.12 bits per heavy atom. The van der Waals surface area contributed by atoms with E-state index in [1.807, 2.05) is 4.90 Å². The van der Waals surface area contributed by atoms with Crippen LogP contribution in [0.1, 0.15) is 33.1 Å². The number of likely N-dealkylation sites (N-methyl/N-ethyl adjacent to an activating group) is 1. The van der Waals surface area contributed by atoms with Crippen LogP contribution in [0.4, 0.5) is 0 Å². The van der Waals surface area contributed by atoms with Crippen molar-refractivity contribution in [2.45, 2.75) is 51.2 Å². The van der Waals surface area contributed by atoms with E-state index in [0.29, 0.717) is 18.0 Å². The monoisotopic (exact) mass is 239 g/mol. The largest absolute Gasteiger partial charge is 0.339 e. The van der Waals surface area contributed by atoms with Crippen LogP contribution < -0.4 is 5.32 Å². The van der Waals surface area contributed by atoms with E-state index in [9.17, 15) is 4.79 Å². The predicted molar refractivity (Wildman–Crippen MR) is 68.9 cm³/mol. The second kappa shape index (κ2) is 5.36. The van der Waals surface area contributed by atoms with E-state index >= 15 is 0 Å². The van der Waals surface area contributed by atoms with Crippen molar-refractivity contribution in [2.24, 2.45) is 0 Å². The normalized spacial score (nSPS) is 35.2. The van der Waals surface area contributed by atoms with Crippen molar-refractivity contribution in [3.63, 3.8) is 0 Å². The lowest BCUT2D eigenvalue weighted by Crippen LogP contribution is -2.55. The topological polar surface area (TPSA) is 35.6 Å². The molecule has 98 valence electrons. The molecule has 1 amide bonds. The predicted octanol–water partition coefficient (Wildman–Crippen LogP) is 0.680. The fraction of sp³-hybridized carbons (Fsp3) is 0.923. The van der Waals surface area contributed by atoms with Gasteiger partial charge < -0.3 is 15.1 Å². The van der Waals surface area contributed by atoms with E-state index in [2.05, 4.69) is 31.1 Å². The van der Waals surface area contributed by atoms with Crippen LogP contribution in [-0.2, 0) is 4.79 Å². The standard InChI is InChI=1S/C13H25N3O/c1-4-11-5-6-12(14-11)13(17)16-8-7-15(3)10(2)9-16/h10-12,14H,4-9H2,1-3H3/t10-,11?,12+/m1/s1. The molecule has 2 aliphatic rings. The first-order chi connectivity index (χ1) is 8.11. The number of amides is 1. The lowest BCUT2D eigenvalue weighted by molar-refractivity contribution is -0.135. The van der Waals surface area contributed by atoms with Crippen LogP contribution in [0.25, 0.3) is 0 Å². The molecule has 1 unspecified atom stereocenters. The zero-order chi connectivity index (χ0) is 12.4. The first-order valence-corrected chi connectivity index (χ1v) is 6.87. The van der Waals surface area contributed by atoms with Crippen molar-refractivity contribution in [1.29, 1.82) is 0 Å². The van der Waals surface area contributed by atoms with Gasteiger partial charge in [0.2, 0.25) is 5.91 Å². The van der Waals surface area contributed by atoms with Crippen LogP contribution in [0, 0.1) is 0 Å². The van der Waals surface area contributed by atoms with Crippen LogP contribution in [0.2, 0.25) is 0 Å². The molecule has 2 fully saturated rings. The molecule has 0 aromatic rings. The minimum absolute atomic E-state index is 0.0792. The average Bonchev–Trinajstić information content (AvgIpc) is 2.80. The molecule has 0 spiro atoms. The Bertz CT molecular complexity index is 282. The second-order valence-electron chi connectivity index (χ2n) is 5.52. The Labute approximate surface area is 104 Å². The van der Waals surface area contributed by atoms with E-state index in [1.54, 1.807) is 0 Å². The highest BCUT2D eigenvalue weighted by molar-refractivity contribution is 5.82. The van der Waals surface area contributed by atoms with E-state index in [0.717, 1.165) is 38.9 Å². The first kappa shape index (κ1) is 12.8.